The van der Waals surface area contributed by atoms with Crippen molar-refractivity contribution in [2.45, 2.75) is 37.8 Å². The SMILES string of the molecule is Cl.Cl.N[C@@H]1CCCC[C@@H]1NC(=O)c1cc(-c2cnn3cc(N4CCNCC4)cnc23)cs1. The molecule has 8 nitrogen and oxygen atoms in total. The maximum Gasteiger partial charge on any atom is 0.261 e. The molecule has 3 aromatic rings. The van der Waals surface area contributed by atoms with Gasteiger partial charge in [0.15, 0.2) is 5.65 Å². The topological polar surface area (TPSA) is 101 Å². The first-order chi connectivity index (χ1) is 14.7. The average molecular weight is 498 g/mol. The number of hydrogen-bond acceptors (Lipinski definition) is 7. The Morgan fingerprint density at radius 1 is 1.19 bits per heavy atom. The zero-order chi connectivity index (χ0) is 20.5. The van der Waals surface area contributed by atoms with Crippen molar-refractivity contribution in [3.63, 3.8) is 0 Å². The van der Waals surface area contributed by atoms with Crippen molar-refractivity contribution in [1.29, 1.82) is 0 Å². The van der Waals surface area contributed by atoms with Gasteiger partial charge in [0.1, 0.15) is 0 Å². The van der Waals surface area contributed by atoms with E-state index in [2.05, 4.69) is 25.6 Å². The summed E-state index contributed by atoms with van der Waals surface area (Å²) in [4.78, 5) is 20.4. The van der Waals surface area contributed by atoms with Gasteiger partial charge in [-0.25, -0.2) is 9.50 Å². The van der Waals surface area contributed by atoms with Crippen LogP contribution >= 0.6 is 36.2 Å². The van der Waals surface area contributed by atoms with E-state index in [9.17, 15) is 4.79 Å². The summed E-state index contributed by atoms with van der Waals surface area (Å²) < 4.78 is 1.82. The Balaban J connectivity index is 0.00000144. The summed E-state index contributed by atoms with van der Waals surface area (Å²) in [5.74, 6) is -0.0426. The van der Waals surface area contributed by atoms with Crippen LogP contribution in [-0.2, 0) is 0 Å². The van der Waals surface area contributed by atoms with E-state index in [1.807, 2.05) is 34.6 Å². The van der Waals surface area contributed by atoms with Gasteiger partial charge in [-0.15, -0.1) is 36.2 Å². The molecule has 4 heterocycles. The van der Waals surface area contributed by atoms with E-state index in [1.54, 1.807) is 0 Å². The quantitative estimate of drug-likeness (QED) is 0.512. The number of rotatable bonds is 4. The van der Waals surface area contributed by atoms with E-state index in [-0.39, 0.29) is 42.8 Å². The third-order valence-corrected chi connectivity index (χ3v) is 7.02. The standard InChI is InChI=1S/C21H27N7OS.2ClH/c22-17-3-1-2-4-18(17)26-21(29)19-9-14(13-30-19)16-11-25-28-12-15(10-24-20(16)28)27-7-5-23-6-8-27;;/h9-13,17-18,23H,1-8,22H2,(H,26,29);2*1H/t17-,18+;;/m1../s1. The fraction of sp³-hybridized carbons (Fsp3) is 0.476. The average Bonchev–Trinajstić information content (AvgIpc) is 3.42. The molecule has 1 aliphatic heterocycles. The van der Waals surface area contributed by atoms with Crippen molar-refractivity contribution in [3.05, 3.63) is 34.9 Å². The molecular weight excluding hydrogens is 469 g/mol. The van der Waals surface area contributed by atoms with Crippen LogP contribution in [0.3, 0.4) is 0 Å². The number of halogens is 2. The van der Waals surface area contributed by atoms with Crippen LogP contribution in [-0.4, -0.2) is 58.8 Å². The lowest BCUT2D eigenvalue weighted by Crippen LogP contribution is -2.49. The molecule has 1 saturated carbocycles. The Bertz CT molecular complexity index is 1050. The molecule has 2 atom stereocenters. The normalized spacial score (nSPS) is 21.0. The molecule has 3 aromatic heterocycles. The molecule has 5 rings (SSSR count). The largest absolute Gasteiger partial charge is 0.366 e. The van der Waals surface area contributed by atoms with Gasteiger partial charge in [0, 0.05) is 43.8 Å². The van der Waals surface area contributed by atoms with E-state index >= 15 is 0 Å². The van der Waals surface area contributed by atoms with Gasteiger partial charge in [-0.2, -0.15) is 5.10 Å². The van der Waals surface area contributed by atoms with Gasteiger partial charge in [-0.1, -0.05) is 12.8 Å². The first kappa shape index (κ1) is 24.7. The number of carbonyl (C=O) groups is 1. The summed E-state index contributed by atoms with van der Waals surface area (Å²) >= 11 is 1.45. The lowest BCUT2D eigenvalue weighted by Gasteiger charge is -2.29. The number of nitrogens with zero attached hydrogens (tertiary/aromatic N) is 4. The van der Waals surface area contributed by atoms with Crippen LogP contribution in [0.2, 0.25) is 0 Å². The van der Waals surface area contributed by atoms with E-state index in [0.717, 1.165) is 74.3 Å². The van der Waals surface area contributed by atoms with Gasteiger partial charge in [-0.05, 0) is 29.9 Å². The van der Waals surface area contributed by atoms with Gasteiger partial charge >= 0.3 is 0 Å². The Hall–Kier alpha value is -1.91. The third kappa shape index (κ3) is 5.02. The summed E-state index contributed by atoms with van der Waals surface area (Å²) in [7, 11) is 0. The highest BCUT2D eigenvalue weighted by atomic mass is 35.5. The molecule has 32 heavy (non-hydrogen) atoms. The molecule has 0 spiro atoms. The summed E-state index contributed by atoms with van der Waals surface area (Å²) in [5, 5.41) is 13.0. The van der Waals surface area contributed by atoms with E-state index in [0.29, 0.717) is 4.88 Å². The lowest BCUT2D eigenvalue weighted by molar-refractivity contribution is 0.0925. The molecule has 1 saturated heterocycles. The summed E-state index contributed by atoms with van der Waals surface area (Å²) in [6, 6.07) is 2.05. The summed E-state index contributed by atoms with van der Waals surface area (Å²) in [6.07, 6.45) is 9.97. The maximum atomic E-state index is 12.7. The molecule has 11 heteroatoms. The van der Waals surface area contributed by atoms with Crippen LogP contribution in [0.15, 0.2) is 30.0 Å². The predicted octanol–water partition coefficient (Wildman–Crippen LogP) is 2.71. The van der Waals surface area contributed by atoms with Crippen LogP contribution in [0.4, 0.5) is 5.69 Å². The minimum Gasteiger partial charge on any atom is -0.366 e. The van der Waals surface area contributed by atoms with Crippen molar-refractivity contribution in [2.75, 3.05) is 31.1 Å². The molecule has 1 amide bonds. The van der Waals surface area contributed by atoms with E-state index in [4.69, 9.17) is 5.73 Å². The van der Waals surface area contributed by atoms with Gasteiger partial charge in [-0.3, -0.25) is 4.79 Å². The number of nitrogens with one attached hydrogen (secondary N) is 2. The number of fused-ring (bicyclic) bond motifs is 1. The fourth-order valence-electron chi connectivity index (χ4n) is 4.33. The number of nitrogens with two attached hydrogens (primary N) is 1. The summed E-state index contributed by atoms with van der Waals surface area (Å²) in [6.45, 7) is 3.89. The molecule has 2 fully saturated rings. The number of thiophene rings is 1. The Labute approximate surface area is 203 Å². The zero-order valence-electron chi connectivity index (χ0n) is 17.7. The lowest BCUT2D eigenvalue weighted by atomic mass is 9.91. The number of aromatic nitrogens is 3. The maximum absolute atomic E-state index is 12.7. The zero-order valence-corrected chi connectivity index (χ0v) is 20.1. The van der Waals surface area contributed by atoms with Gasteiger partial charge in [0.05, 0.1) is 29.2 Å². The molecule has 0 radical (unpaired) electrons. The Morgan fingerprint density at radius 2 is 1.97 bits per heavy atom. The second kappa shape index (κ2) is 10.8. The van der Waals surface area contributed by atoms with Crippen LogP contribution < -0.4 is 21.3 Å². The van der Waals surface area contributed by atoms with Crippen LogP contribution in [0, 0.1) is 0 Å². The van der Waals surface area contributed by atoms with Crippen LogP contribution in [0.5, 0.6) is 0 Å². The van der Waals surface area contributed by atoms with Gasteiger partial charge in [0.25, 0.3) is 5.91 Å². The molecule has 0 bridgehead atoms. The smallest absolute Gasteiger partial charge is 0.261 e. The number of piperazine rings is 1. The van der Waals surface area contributed by atoms with Crippen molar-refractivity contribution in [3.8, 4) is 11.1 Å². The summed E-state index contributed by atoms with van der Waals surface area (Å²) in [5.41, 5.74) is 9.96. The Kier molecular flexibility index (Phi) is 8.35. The second-order valence-electron chi connectivity index (χ2n) is 8.10. The van der Waals surface area contributed by atoms with Crippen molar-refractivity contribution in [2.24, 2.45) is 5.73 Å². The highest BCUT2D eigenvalue weighted by Gasteiger charge is 2.24. The van der Waals surface area contributed by atoms with Crippen molar-refractivity contribution >= 4 is 53.4 Å². The minimum absolute atomic E-state index is 0. The number of anilines is 1. The molecule has 0 aromatic carbocycles. The molecule has 174 valence electrons. The first-order valence-electron chi connectivity index (χ1n) is 10.6. The second-order valence-corrected chi connectivity index (χ2v) is 9.01. The molecule has 4 N–H and O–H groups in total. The third-order valence-electron chi connectivity index (χ3n) is 6.10. The van der Waals surface area contributed by atoms with E-state index < -0.39 is 0 Å². The van der Waals surface area contributed by atoms with Crippen molar-refractivity contribution in [1.82, 2.24) is 25.2 Å². The molecule has 0 unspecified atom stereocenters. The highest BCUT2D eigenvalue weighted by Crippen LogP contribution is 2.29. The van der Waals surface area contributed by atoms with Crippen LogP contribution in [0.1, 0.15) is 35.4 Å². The minimum atomic E-state index is -0.0426. The van der Waals surface area contributed by atoms with Crippen LogP contribution in [0.25, 0.3) is 16.8 Å². The number of carbonyl (C=O) groups excluding carboxylic acids is 1. The van der Waals surface area contributed by atoms with Crippen molar-refractivity contribution < 1.29 is 4.79 Å². The number of amides is 1. The monoisotopic (exact) mass is 497 g/mol. The van der Waals surface area contributed by atoms with Gasteiger partial charge < -0.3 is 21.3 Å². The highest BCUT2D eigenvalue weighted by molar-refractivity contribution is 7.12. The number of hydrogen-bond donors (Lipinski definition) is 3. The Morgan fingerprint density at radius 3 is 2.75 bits per heavy atom. The molecular formula is C21H29Cl2N7OS. The predicted molar refractivity (Wildman–Crippen MR) is 134 cm³/mol. The van der Waals surface area contributed by atoms with Gasteiger partial charge in [0.2, 0.25) is 0 Å². The molecule has 2 aliphatic rings. The first-order valence-corrected chi connectivity index (χ1v) is 11.5. The molecule has 1 aliphatic carbocycles. The van der Waals surface area contributed by atoms with E-state index in [1.165, 1.54) is 11.3 Å². The fourth-order valence-corrected chi connectivity index (χ4v) is 5.14.